The Morgan fingerprint density at radius 2 is 1.88 bits per heavy atom. The first kappa shape index (κ1) is 19.2. The summed E-state index contributed by atoms with van der Waals surface area (Å²) in [6.45, 7) is 2.92. The second-order valence-corrected chi connectivity index (χ2v) is 7.94. The number of aliphatic hydroxyl groups is 1. The smallest absolute Gasteiger partial charge is 0.259 e. The highest BCUT2D eigenvalue weighted by atomic mass is 19.3. The Kier molecular flexibility index (Phi) is 5.10. The van der Waals surface area contributed by atoms with Crippen molar-refractivity contribution in [3.63, 3.8) is 0 Å². The second-order valence-electron chi connectivity index (χ2n) is 7.94. The number of hydrogen-bond acceptors (Lipinski definition) is 3. The van der Waals surface area contributed by atoms with Crippen LogP contribution in [0.15, 0.2) is 30.3 Å². The van der Waals surface area contributed by atoms with Gasteiger partial charge in [0.25, 0.3) is 5.91 Å². The van der Waals surface area contributed by atoms with E-state index in [0.717, 1.165) is 6.42 Å². The molecule has 0 radical (unpaired) electrons. The van der Waals surface area contributed by atoms with E-state index in [2.05, 4.69) is 0 Å². The number of nitrogens with two attached hydrogens (primary N) is 1. The minimum atomic E-state index is -2.83. The molecule has 144 valence electrons. The maximum Gasteiger partial charge on any atom is 0.259 e. The van der Waals surface area contributed by atoms with Gasteiger partial charge in [-0.25, -0.2) is 8.78 Å². The number of benzene rings is 1. The van der Waals surface area contributed by atoms with Crippen LogP contribution in [0.4, 0.5) is 8.78 Å². The molecule has 26 heavy (non-hydrogen) atoms. The van der Waals surface area contributed by atoms with Crippen LogP contribution >= 0.6 is 0 Å². The Bertz CT molecular complexity index is 644. The summed E-state index contributed by atoms with van der Waals surface area (Å²) >= 11 is 0. The van der Waals surface area contributed by atoms with Gasteiger partial charge in [-0.3, -0.25) is 4.79 Å². The molecule has 6 heteroatoms. The Labute approximate surface area is 153 Å². The van der Waals surface area contributed by atoms with Crippen molar-refractivity contribution in [2.45, 2.75) is 62.5 Å². The van der Waals surface area contributed by atoms with Crippen molar-refractivity contribution in [1.29, 1.82) is 0 Å². The van der Waals surface area contributed by atoms with Crippen LogP contribution in [0.3, 0.4) is 0 Å². The summed E-state index contributed by atoms with van der Waals surface area (Å²) in [5, 5.41) is 11.5. The highest BCUT2D eigenvalue weighted by Crippen LogP contribution is 2.48. The summed E-state index contributed by atoms with van der Waals surface area (Å²) in [7, 11) is 0. The number of piperidine rings is 1. The fourth-order valence-corrected chi connectivity index (χ4v) is 4.28. The van der Waals surface area contributed by atoms with Crippen molar-refractivity contribution < 1.29 is 18.7 Å². The zero-order valence-corrected chi connectivity index (χ0v) is 15.3. The van der Waals surface area contributed by atoms with E-state index in [0.29, 0.717) is 31.5 Å². The molecular formula is C20H28F2N2O2. The van der Waals surface area contributed by atoms with Crippen LogP contribution in [0.2, 0.25) is 0 Å². The molecule has 0 bridgehead atoms. The van der Waals surface area contributed by atoms with Gasteiger partial charge in [-0.2, -0.15) is 0 Å². The average Bonchev–Trinajstić information content (AvgIpc) is 3.02. The molecule has 4 nitrogen and oxygen atoms in total. The number of amides is 1. The molecule has 1 aliphatic heterocycles. The van der Waals surface area contributed by atoms with Gasteiger partial charge in [-0.1, -0.05) is 37.3 Å². The molecule has 0 aromatic heterocycles. The molecule has 3 rings (SSSR count). The van der Waals surface area contributed by atoms with E-state index in [4.69, 9.17) is 5.73 Å². The summed E-state index contributed by atoms with van der Waals surface area (Å²) in [6, 6.07) is 8.52. The molecule has 1 saturated carbocycles. The van der Waals surface area contributed by atoms with Crippen molar-refractivity contribution >= 4 is 5.91 Å². The van der Waals surface area contributed by atoms with E-state index < -0.39 is 29.8 Å². The SMILES string of the molecule is CCC1(N)CCN(C(=O)[C@](O)(c2ccccc2)[C@@H]2CCC(F)(F)C2)CC1. The maximum absolute atomic E-state index is 13.8. The van der Waals surface area contributed by atoms with E-state index >= 15 is 0 Å². The second kappa shape index (κ2) is 6.89. The van der Waals surface area contributed by atoms with Crippen LogP contribution < -0.4 is 5.73 Å². The molecule has 0 unspecified atom stereocenters. The van der Waals surface area contributed by atoms with Crippen molar-refractivity contribution in [3.8, 4) is 0 Å². The Morgan fingerprint density at radius 1 is 1.27 bits per heavy atom. The molecule has 0 spiro atoms. The normalized spacial score (nSPS) is 27.1. The molecule has 1 aromatic carbocycles. The number of rotatable bonds is 4. The third kappa shape index (κ3) is 3.49. The van der Waals surface area contributed by atoms with Crippen molar-refractivity contribution in [2.75, 3.05) is 13.1 Å². The molecule has 2 fully saturated rings. The lowest BCUT2D eigenvalue weighted by atomic mass is 9.77. The lowest BCUT2D eigenvalue weighted by Crippen LogP contribution is -2.57. The monoisotopic (exact) mass is 366 g/mol. The van der Waals surface area contributed by atoms with E-state index in [1.165, 1.54) is 0 Å². The van der Waals surface area contributed by atoms with Gasteiger partial charge in [0.05, 0.1) is 0 Å². The fraction of sp³-hybridized carbons (Fsp3) is 0.650. The zero-order valence-electron chi connectivity index (χ0n) is 15.3. The van der Waals surface area contributed by atoms with E-state index in [1.807, 2.05) is 6.92 Å². The highest BCUT2D eigenvalue weighted by Gasteiger charge is 2.54. The number of likely N-dealkylation sites (tertiary alicyclic amines) is 1. The maximum atomic E-state index is 13.8. The molecule has 2 aliphatic rings. The number of hydrogen-bond donors (Lipinski definition) is 2. The molecule has 1 saturated heterocycles. The Balaban J connectivity index is 1.88. The predicted molar refractivity (Wildman–Crippen MR) is 95.7 cm³/mol. The van der Waals surface area contributed by atoms with Crippen molar-refractivity contribution in [1.82, 2.24) is 4.90 Å². The van der Waals surface area contributed by atoms with Gasteiger partial charge < -0.3 is 15.7 Å². The van der Waals surface area contributed by atoms with Crippen LogP contribution in [0, 0.1) is 5.92 Å². The molecular weight excluding hydrogens is 338 g/mol. The van der Waals surface area contributed by atoms with Gasteiger partial charge in [-0.05, 0) is 31.2 Å². The first-order valence-electron chi connectivity index (χ1n) is 9.44. The van der Waals surface area contributed by atoms with Gasteiger partial charge in [0.2, 0.25) is 5.92 Å². The lowest BCUT2D eigenvalue weighted by Gasteiger charge is -2.43. The molecule has 1 aliphatic carbocycles. The molecule has 1 aromatic rings. The summed E-state index contributed by atoms with van der Waals surface area (Å²) in [5.41, 5.74) is 4.49. The minimum Gasteiger partial charge on any atom is -0.375 e. The van der Waals surface area contributed by atoms with Crippen molar-refractivity contribution in [3.05, 3.63) is 35.9 Å². The molecule has 3 N–H and O–H groups in total. The quantitative estimate of drug-likeness (QED) is 0.861. The number of carbonyl (C=O) groups is 1. The predicted octanol–water partition coefficient (Wildman–Crippen LogP) is 3.04. The number of nitrogens with zero attached hydrogens (tertiary/aromatic N) is 1. The van der Waals surface area contributed by atoms with Gasteiger partial charge in [0.15, 0.2) is 5.60 Å². The van der Waals surface area contributed by atoms with Gasteiger partial charge in [0, 0.05) is 37.4 Å². The van der Waals surface area contributed by atoms with Crippen LogP contribution in [0.5, 0.6) is 0 Å². The van der Waals surface area contributed by atoms with Gasteiger partial charge in [-0.15, -0.1) is 0 Å². The Hall–Kier alpha value is -1.53. The number of alkyl halides is 2. The average molecular weight is 366 g/mol. The van der Waals surface area contributed by atoms with E-state index in [1.54, 1.807) is 35.2 Å². The van der Waals surface area contributed by atoms with E-state index in [-0.39, 0.29) is 18.4 Å². The highest BCUT2D eigenvalue weighted by molar-refractivity contribution is 5.87. The van der Waals surface area contributed by atoms with Crippen LogP contribution in [0.25, 0.3) is 0 Å². The summed E-state index contributed by atoms with van der Waals surface area (Å²) in [5.74, 6) is -4.09. The minimum absolute atomic E-state index is 0.133. The summed E-state index contributed by atoms with van der Waals surface area (Å²) < 4.78 is 27.7. The largest absolute Gasteiger partial charge is 0.375 e. The number of carbonyl (C=O) groups excluding carboxylic acids is 1. The van der Waals surface area contributed by atoms with Crippen molar-refractivity contribution in [2.24, 2.45) is 11.7 Å². The molecule has 1 amide bonds. The topological polar surface area (TPSA) is 66.6 Å². The van der Waals surface area contributed by atoms with Gasteiger partial charge >= 0.3 is 0 Å². The van der Waals surface area contributed by atoms with Crippen LogP contribution in [-0.4, -0.2) is 40.5 Å². The van der Waals surface area contributed by atoms with Gasteiger partial charge in [0.1, 0.15) is 0 Å². The zero-order chi connectivity index (χ0) is 19.0. The van der Waals surface area contributed by atoms with E-state index in [9.17, 15) is 18.7 Å². The Morgan fingerprint density at radius 3 is 2.38 bits per heavy atom. The fourth-order valence-electron chi connectivity index (χ4n) is 4.28. The molecule has 2 atom stereocenters. The van der Waals surface area contributed by atoms with Crippen LogP contribution in [-0.2, 0) is 10.4 Å². The van der Waals surface area contributed by atoms with Crippen LogP contribution in [0.1, 0.15) is 51.0 Å². The number of halogens is 2. The first-order valence-corrected chi connectivity index (χ1v) is 9.44. The lowest BCUT2D eigenvalue weighted by molar-refractivity contribution is -0.162. The summed E-state index contributed by atoms with van der Waals surface area (Å²) in [6.07, 6.45) is 1.51. The first-order chi connectivity index (χ1) is 12.2. The molecule has 1 heterocycles. The summed E-state index contributed by atoms with van der Waals surface area (Å²) in [4.78, 5) is 14.9. The third-order valence-electron chi connectivity index (χ3n) is 6.28. The standard InChI is InChI=1S/C20H28F2N2O2/c1-2-18(23)10-12-24(13-11-18)17(25)20(26,15-6-4-3-5-7-15)16-8-9-19(21,22)14-16/h3-7,16,26H,2,8-14,23H2,1H3/t16-,20+/m1/s1. The third-order valence-corrected chi connectivity index (χ3v) is 6.28.